The Morgan fingerprint density at radius 1 is 1.14 bits per heavy atom. The lowest BCUT2D eigenvalue weighted by molar-refractivity contribution is 0.628. The summed E-state index contributed by atoms with van der Waals surface area (Å²) in [5, 5.41) is 4.07. The minimum atomic E-state index is -0.248. The topological polar surface area (TPSA) is 43.1 Å². The van der Waals surface area contributed by atoms with E-state index in [0.717, 1.165) is 16.8 Å². The number of hydrogen-bond donors (Lipinski definition) is 0. The molecule has 0 aliphatic heterocycles. The number of benzene rings is 2. The summed E-state index contributed by atoms with van der Waals surface area (Å²) in [6.45, 7) is 0.653. The maximum atomic E-state index is 12.8. The number of rotatable bonds is 4. The zero-order valence-corrected chi connectivity index (χ0v) is 11.2. The lowest BCUT2D eigenvalue weighted by Crippen LogP contribution is -1.99. The smallest absolute Gasteiger partial charge is 0.137 e. The van der Waals surface area contributed by atoms with Crippen LogP contribution in [0.4, 0.5) is 10.1 Å². The predicted octanol–water partition coefficient (Wildman–Crippen LogP) is 3.22. The summed E-state index contributed by atoms with van der Waals surface area (Å²) in [7, 11) is 0. The van der Waals surface area contributed by atoms with Crippen LogP contribution in [0, 0.1) is 5.82 Å². The third kappa shape index (κ3) is 3.60. The third-order valence-electron chi connectivity index (χ3n) is 2.95. The third-order valence-corrected chi connectivity index (χ3v) is 2.95. The quantitative estimate of drug-likeness (QED) is 0.689. The molecule has 0 fully saturated rings. The molecule has 4 nitrogen and oxygen atoms in total. The van der Waals surface area contributed by atoms with Crippen molar-refractivity contribution < 1.29 is 4.39 Å². The molecule has 104 valence electrons. The molecule has 0 amide bonds. The van der Waals surface area contributed by atoms with Crippen LogP contribution in [-0.2, 0) is 6.54 Å². The first-order chi connectivity index (χ1) is 10.3. The summed E-state index contributed by atoms with van der Waals surface area (Å²) in [5.74, 6) is -0.248. The maximum absolute atomic E-state index is 12.8. The molecular formula is C16H13FN4. The van der Waals surface area contributed by atoms with E-state index in [1.807, 2.05) is 24.3 Å². The standard InChI is InChI=1S/C16H13FN4/c17-15-6-4-13(5-7-15)9-19-16-3-1-2-14(8-16)10-21-12-18-11-20-21/h1-9,11-12H,10H2. The first-order valence-corrected chi connectivity index (χ1v) is 6.50. The van der Waals surface area contributed by atoms with Crippen molar-refractivity contribution in [3.8, 4) is 0 Å². The summed E-state index contributed by atoms with van der Waals surface area (Å²) in [6, 6.07) is 14.1. The van der Waals surface area contributed by atoms with E-state index in [2.05, 4.69) is 15.1 Å². The Morgan fingerprint density at radius 3 is 2.76 bits per heavy atom. The second kappa shape index (κ2) is 6.09. The lowest BCUT2D eigenvalue weighted by Gasteiger charge is -2.02. The van der Waals surface area contributed by atoms with E-state index < -0.39 is 0 Å². The van der Waals surface area contributed by atoms with Crippen LogP contribution in [0.3, 0.4) is 0 Å². The van der Waals surface area contributed by atoms with Gasteiger partial charge in [0.1, 0.15) is 18.5 Å². The molecule has 1 aromatic heterocycles. The van der Waals surface area contributed by atoms with Crippen molar-refractivity contribution in [2.45, 2.75) is 6.54 Å². The molecule has 3 aromatic rings. The zero-order chi connectivity index (χ0) is 14.5. The monoisotopic (exact) mass is 280 g/mol. The molecule has 5 heteroatoms. The van der Waals surface area contributed by atoms with Gasteiger partial charge in [-0.15, -0.1) is 0 Å². The van der Waals surface area contributed by atoms with Gasteiger partial charge in [0, 0.05) is 6.21 Å². The van der Waals surface area contributed by atoms with E-state index >= 15 is 0 Å². The van der Waals surface area contributed by atoms with Crippen molar-refractivity contribution in [1.29, 1.82) is 0 Å². The van der Waals surface area contributed by atoms with E-state index in [9.17, 15) is 4.39 Å². The molecule has 21 heavy (non-hydrogen) atoms. The van der Waals surface area contributed by atoms with E-state index in [-0.39, 0.29) is 5.82 Å². The van der Waals surface area contributed by atoms with Crippen molar-refractivity contribution in [3.63, 3.8) is 0 Å². The minimum Gasteiger partial charge on any atom is -0.256 e. The van der Waals surface area contributed by atoms with Gasteiger partial charge in [0.2, 0.25) is 0 Å². The van der Waals surface area contributed by atoms with Crippen LogP contribution in [0.2, 0.25) is 0 Å². The van der Waals surface area contributed by atoms with Gasteiger partial charge >= 0.3 is 0 Å². The fraction of sp³-hybridized carbons (Fsp3) is 0.0625. The molecule has 0 atom stereocenters. The van der Waals surface area contributed by atoms with E-state index in [1.54, 1.807) is 29.4 Å². The Labute approximate surface area is 121 Å². The number of aliphatic imine (C=N–C) groups is 1. The average molecular weight is 280 g/mol. The van der Waals surface area contributed by atoms with Crippen LogP contribution < -0.4 is 0 Å². The first-order valence-electron chi connectivity index (χ1n) is 6.50. The molecule has 0 N–H and O–H groups in total. The Balaban J connectivity index is 1.75. The molecular weight excluding hydrogens is 267 g/mol. The summed E-state index contributed by atoms with van der Waals surface area (Å²) in [6.07, 6.45) is 4.90. The highest BCUT2D eigenvalue weighted by Crippen LogP contribution is 2.15. The largest absolute Gasteiger partial charge is 0.256 e. The number of halogens is 1. The van der Waals surface area contributed by atoms with Gasteiger partial charge in [0.05, 0.1) is 12.2 Å². The second-order valence-corrected chi connectivity index (χ2v) is 4.57. The zero-order valence-electron chi connectivity index (χ0n) is 11.2. The first kappa shape index (κ1) is 13.2. The van der Waals surface area contributed by atoms with Crippen molar-refractivity contribution in [3.05, 3.63) is 78.1 Å². The molecule has 1 heterocycles. The van der Waals surface area contributed by atoms with Gasteiger partial charge in [0.15, 0.2) is 0 Å². The van der Waals surface area contributed by atoms with E-state index in [0.29, 0.717) is 6.54 Å². The van der Waals surface area contributed by atoms with Gasteiger partial charge in [-0.05, 0) is 35.4 Å². The summed E-state index contributed by atoms with van der Waals surface area (Å²) in [5.41, 5.74) is 2.80. The maximum Gasteiger partial charge on any atom is 0.137 e. The van der Waals surface area contributed by atoms with Crippen LogP contribution in [0.15, 0.2) is 66.2 Å². The van der Waals surface area contributed by atoms with Crippen molar-refractivity contribution in [2.24, 2.45) is 4.99 Å². The molecule has 0 saturated carbocycles. The number of nitrogens with zero attached hydrogens (tertiary/aromatic N) is 4. The van der Waals surface area contributed by atoms with E-state index in [1.165, 1.54) is 18.5 Å². The van der Waals surface area contributed by atoms with Crippen molar-refractivity contribution in [1.82, 2.24) is 14.8 Å². The highest BCUT2D eigenvalue weighted by atomic mass is 19.1. The summed E-state index contributed by atoms with van der Waals surface area (Å²) in [4.78, 5) is 8.32. The normalized spacial score (nSPS) is 11.1. The molecule has 0 spiro atoms. The van der Waals surface area contributed by atoms with Gasteiger partial charge in [-0.25, -0.2) is 14.1 Å². The Morgan fingerprint density at radius 2 is 2.00 bits per heavy atom. The van der Waals surface area contributed by atoms with Crippen LogP contribution in [0.1, 0.15) is 11.1 Å². The molecule has 0 saturated heterocycles. The fourth-order valence-electron chi connectivity index (χ4n) is 1.93. The summed E-state index contributed by atoms with van der Waals surface area (Å²) >= 11 is 0. The van der Waals surface area contributed by atoms with Gasteiger partial charge in [0.25, 0.3) is 0 Å². The Hall–Kier alpha value is -2.82. The molecule has 0 unspecified atom stereocenters. The highest BCUT2D eigenvalue weighted by molar-refractivity contribution is 5.81. The van der Waals surface area contributed by atoms with Gasteiger partial charge in [-0.1, -0.05) is 24.3 Å². The molecule has 0 aliphatic rings. The van der Waals surface area contributed by atoms with Crippen molar-refractivity contribution in [2.75, 3.05) is 0 Å². The Kier molecular flexibility index (Phi) is 3.82. The van der Waals surface area contributed by atoms with Gasteiger partial charge < -0.3 is 0 Å². The average Bonchev–Trinajstić information content (AvgIpc) is 3.00. The van der Waals surface area contributed by atoms with Crippen LogP contribution >= 0.6 is 0 Å². The van der Waals surface area contributed by atoms with Crippen LogP contribution in [0.25, 0.3) is 0 Å². The van der Waals surface area contributed by atoms with Gasteiger partial charge in [-0.2, -0.15) is 5.10 Å². The van der Waals surface area contributed by atoms with Crippen molar-refractivity contribution >= 4 is 11.9 Å². The second-order valence-electron chi connectivity index (χ2n) is 4.57. The molecule has 3 rings (SSSR count). The SMILES string of the molecule is Fc1ccc(C=Nc2cccc(Cn3cncn3)c2)cc1. The molecule has 0 bridgehead atoms. The number of hydrogen-bond acceptors (Lipinski definition) is 3. The fourth-order valence-corrected chi connectivity index (χ4v) is 1.93. The van der Waals surface area contributed by atoms with Crippen LogP contribution in [-0.4, -0.2) is 21.0 Å². The van der Waals surface area contributed by atoms with E-state index in [4.69, 9.17) is 0 Å². The molecule has 2 aromatic carbocycles. The Bertz CT molecular complexity index is 733. The lowest BCUT2D eigenvalue weighted by atomic mass is 10.2. The number of aromatic nitrogens is 3. The van der Waals surface area contributed by atoms with Gasteiger partial charge in [-0.3, -0.25) is 4.99 Å². The molecule has 0 aliphatic carbocycles. The summed E-state index contributed by atoms with van der Waals surface area (Å²) < 4.78 is 14.6. The highest BCUT2D eigenvalue weighted by Gasteiger charge is 1.97. The molecule has 0 radical (unpaired) electrons. The van der Waals surface area contributed by atoms with Crippen LogP contribution in [0.5, 0.6) is 0 Å². The minimum absolute atomic E-state index is 0.248. The predicted molar refractivity (Wildman–Crippen MR) is 79.2 cm³/mol.